The third kappa shape index (κ3) is 3.21. The summed E-state index contributed by atoms with van der Waals surface area (Å²) in [7, 11) is 0. The fourth-order valence-corrected chi connectivity index (χ4v) is 1.66. The Labute approximate surface area is 107 Å². The number of carbonyl (C=O) groups excluding carboxylic acids is 1. The maximum absolute atomic E-state index is 12.0. The van der Waals surface area contributed by atoms with Crippen LogP contribution in [0.1, 0.15) is 15.9 Å². The van der Waals surface area contributed by atoms with Gasteiger partial charge in [0.1, 0.15) is 0 Å². The highest BCUT2D eigenvalue weighted by atomic mass is 127. The molecule has 0 atom stereocenters. The molecule has 0 saturated carbocycles. The zero-order valence-electron chi connectivity index (χ0n) is 7.73. The first-order chi connectivity index (χ1) is 7.22. The lowest BCUT2D eigenvalue weighted by Gasteiger charge is -2.11. The van der Waals surface area contributed by atoms with Gasteiger partial charge in [-0.25, -0.2) is 4.98 Å². The van der Waals surface area contributed by atoms with Crippen LogP contribution in [0.25, 0.3) is 0 Å². The van der Waals surface area contributed by atoms with Crippen molar-refractivity contribution in [2.75, 3.05) is 0 Å². The van der Waals surface area contributed by atoms with Crippen molar-refractivity contribution in [3.05, 3.63) is 20.9 Å². The molecule has 16 heavy (non-hydrogen) atoms. The number of halogens is 5. The van der Waals surface area contributed by atoms with Crippen molar-refractivity contribution in [2.24, 2.45) is 0 Å². The number of alkyl halides is 3. The van der Waals surface area contributed by atoms with E-state index in [1.807, 2.05) is 0 Å². The number of ether oxygens (including phenoxy) is 1. The molecule has 0 N–H and O–H groups in total. The van der Waals surface area contributed by atoms with Gasteiger partial charge in [0, 0.05) is 6.20 Å². The quantitative estimate of drug-likeness (QED) is 0.596. The van der Waals surface area contributed by atoms with Crippen LogP contribution in [-0.4, -0.2) is 16.6 Å². The van der Waals surface area contributed by atoms with E-state index in [1.54, 1.807) is 22.6 Å². The molecule has 0 aliphatic heterocycles. The first-order valence-corrected chi connectivity index (χ1v) is 5.28. The smallest absolute Gasteiger partial charge is 0.387 e. The minimum Gasteiger partial charge on any atom is -0.387 e. The van der Waals surface area contributed by atoms with Gasteiger partial charge < -0.3 is 4.74 Å². The van der Waals surface area contributed by atoms with E-state index in [9.17, 15) is 18.0 Å². The summed E-state index contributed by atoms with van der Waals surface area (Å²) in [5.41, 5.74) is 0.357. The van der Waals surface area contributed by atoms with E-state index < -0.39 is 17.5 Å². The number of aromatic nitrogens is 1. The summed E-state index contributed by atoms with van der Waals surface area (Å²) in [5.74, 6) is -0.590. The maximum atomic E-state index is 12.0. The largest absolute Gasteiger partial charge is 0.574 e. The number of carbonyl (C=O) groups is 1. The van der Waals surface area contributed by atoms with Gasteiger partial charge in [0.25, 0.3) is 5.24 Å². The number of rotatable bonds is 2. The highest BCUT2D eigenvalue weighted by molar-refractivity contribution is 14.1. The molecule has 0 aromatic carbocycles. The van der Waals surface area contributed by atoms with Gasteiger partial charge in [0.2, 0.25) is 5.88 Å². The van der Waals surface area contributed by atoms with Crippen LogP contribution in [0.5, 0.6) is 5.88 Å². The topological polar surface area (TPSA) is 39.2 Å². The molecule has 3 nitrogen and oxygen atoms in total. The third-order valence-corrected chi connectivity index (χ3v) is 3.13. The fraction of sp³-hybridized carbons (Fsp3) is 0.250. The maximum Gasteiger partial charge on any atom is 0.574 e. The van der Waals surface area contributed by atoms with Gasteiger partial charge >= 0.3 is 6.36 Å². The summed E-state index contributed by atoms with van der Waals surface area (Å²) >= 11 is 6.83. The number of nitrogens with zero attached hydrogens (tertiary/aromatic N) is 1. The van der Waals surface area contributed by atoms with Crippen molar-refractivity contribution in [1.82, 2.24) is 4.98 Å². The standard InChI is InChI=1S/C8H4ClF3INO2/c1-3-4(6(9)15)2-14-7(5(3)13)16-8(10,11)12/h2H,1H3. The Morgan fingerprint density at radius 1 is 1.56 bits per heavy atom. The molecule has 1 aromatic heterocycles. The lowest BCUT2D eigenvalue weighted by molar-refractivity contribution is -0.276. The van der Waals surface area contributed by atoms with E-state index in [1.165, 1.54) is 6.92 Å². The average Bonchev–Trinajstić information content (AvgIpc) is 2.10. The molecule has 0 radical (unpaired) electrons. The van der Waals surface area contributed by atoms with Gasteiger partial charge in [-0.2, -0.15) is 0 Å². The van der Waals surface area contributed by atoms with Crippen molar-refractivity contribution >= 4 is 39.4 Å². The van der Waals surface area contributed by atoms with Gasteiger partial charge in [-0.05, 0) is 46.7 Å². The van der Waals surface area contributed by atoms with Crippen molar-refractivity contribution in [1.29, 1.82) is 0 Å². The molecule has 0 bridgehead atoms. The summed E-state index contributed by atoms with van der Waals surface area (Å²) in [4.78, 5) is 14.3. The van der Waals surface area contributed by atoms with Crippen LogP contribution in [0.15, 0.2) is 6.20 Å². The lowest BCUT2D eigenvalue weighted by atomic mass is 10.2. The molecule has 0 spiro atoms. The van der Waals surface area contributed by atoms with Crippen molar-refractivity contribution in [3.63, 3.8) is 0 Å². The van der Waals surface area contributed by atoms with Crippen molar-refractivity contribution in [3.8, 4) is 5.88 Å². The summed E-state index contributed by atoms with van der Waals surface area (Å²) in [6, 6.07) is 0. The predicted molar refractivity (Wildman–Crippen MR) is 58.6 cm³/mol. The zero-order chi connectivity index (χ0) is 12.5. The monoisotopic (exact) mass is 365 g/mol. The van der Waals surface area contributed by atoms with E-state index in [-0.39, 0.29) is 9.13 Å². The molecule has 1 aromatic rings. The highest BCUT2D eigenvalue weighted by Gasteiger charge is 2.33. The fourth-order valence-electron chi connectivity index (χ4n) is 0.934. The van der Waals surface area contributed by atoms with Crippen LogP contribution in [0.2, 0.25) is 0 Å². The molecule has 1 rings (SSSR count). The Morgan fingerprint density at radius 2 is 2.12 bits per heavy atom. The molecular weight excluding hydrogens is 361 g/mol. The molecule has 0 amide bonds. The van der Waals surface area contributed by atoms with Gasteiger partial charge in [0.15, 0.2) is 0 Å². The van der Waals surface area contributed by atoms with Crippen LogP contribution < -0.4 is 4.74 Å². The van der Waals surface area contributed by atoms with Gasteiger partial charge in [-0.3, -0.25) is 4.79 Å². The van der Waals surface area contributed by atoms with Crippen LogP contribution in [-0.2, 0) is 0 Å². The molecule has 1 heterocycles. The molecule has 0 saturated heterocycles. The van der Waals surface area contributed by atoms with E-state index in [0.717, 1.165) is 6.20 Å². The summed E-state index contributed by atoms with van der Waals surface area (Å²) in [5, 5.41) is -0.776. The van der Waals surface area contributed by atoms with Gasteiger partial charge in [-0.15, -0.1) is 13.2 Å². The molecule has 0 aliphatic rings. The second-order valence-electron chi connectivity index (χ2n) is 2.74. The second kappa shape index (κ2) is 4.74. The molecule has 0 aliphatic carbocycles. The second-order valence-corrected chi connectivity index (χ2v) is 4.16. The van der Waals surface area contributed by atoms with Crippen LogP contribution in [0, 0.1) is 10.5 Å². The highest BCUT2D eigenvalue weighted by Crippen LogP contribution is 2.29. The van der Waals surface area contributed by atoms with E-state index in [0.29, 0.717) is 5.56 Å². The predicted octanol–water partition coefficient (Wildman–Crippen LogP) is 3.27. The van der Waals surface area contributed by atoms with Crippen molar-refractivity contribution in [2.45, 2.75) is 13.3 Å². The zero-order valence-corrected chi connectivity index (χ0v) is 10.6. The van der Waals surface area contributed by atoms with Crippen LogP contribution >= 0.6 is 34.2 Å². The summed E-state index contributed by atoms with van der Waals surface area (Å²) in [6.07, 6.45) is -3.86. The molecule has 0 unspecified atom stereocenters. The third-order valence-electron chi connectivity index (χ3n) is 1.66. The van der Waals surface area contributed by atoms with E-state index in [4.69, 9.17) is 11.6 Å². The summed E-state index contributed by atoms with van der Waals surface area (Å²) in [6.45, 7) is 1.46. The molecule has 0 fully saturated rings. The molecule has 8 heteroatoms. The minimum absolute atomic E-state index is 0.0561. The van der Waals surface area contributed by atoms with Gasteiger partial charge in [-0.1, -0.05) is 0 Å². The Morgan fingerprint density at radius 3 is 2.56 bits per heavy atom. The first-order valence-electron chi connectivity index (χ1n) is 3.83. The van der Waals surface area contributed by atoms with Crippen LogP contribution in [0.4, 0.5) is 13.2 Å². The Bertz CT molecular complexity index is 436. The lowest BCUT2D eigenvalue weighted by Crippen LogP contribution is -2.19. The molecule has 88 valence electrons. The summed E-state index contributed by atoms with van der Waals surface area (Å²) < 4.78 is 39.6. The Balaban J connectivity index is 3.17. The van der Waals surface area contributed by atoms with Crippen molar-refractivity contribution < 1.29 is 22.7 Å². The van der Waals surface area contributed by atoms with Gasteiger partial charge in [0.05, 0.1) is 9.13 Å². The average molecular weight is 365 g/mol. The Kier molecular flexibility index (Phi) is 4.00. The minimum atomic E-state index is -4.81. The normalized spacial score (nSPS) is 11.4. The number of hydrogen-bond donors (Lipinski definition) is 0. The van der Waals surface area contributed by atoms with E-state index in [2.05, 4.69) is 9.72 Å². The van der Waals surface area contributed by atoms with Crippen LogP contribution in [0.3, 0.4) is 0 Å². The number of pyridine rings is 1. The molecular formula is C8H4ClF3INO2. The number of hydrogen-bond acceptors (Lipinski definition) is 3. The Hall–Kier alpha value is -0.570. The van der Waals surface area contributed by atoms with E-state index >= 15 is 0 Å². The SMILES string of the molecule is Cc1c(C(=O)Cl)cnc(OC(F)(F)F)c1I. The first kappa shape index (κ1) is 13.5.